The van der Waals surface area contributed by atoms with Crippen molar-refractivity contribution in [2.75, 3.05) is 20.1 Å². The summed E-state index contributed by atoms with van der Waals surface area (Å²) in [6, 6.07) is 9.83. The Hall–Kier alpha value is -2.04. The third kappa shape index (κ3) is 6.78. The summed E-state index contributed by atoms with van der Waals surface area (Å²) in [6.45, 7) is 5.81. The standard InChI is InChI=1S/C15H24N4O/c1-12(2)9-18-15(16-3)19-11-14(20)17-10-13-7-5-4-6-8-13/h4-8,12H,9-11H2,1-3H3,(H,17,20)(H2,16,18,19). The molecule has 0 spiro atoms. The monoisotopic (exact) mass is 276 g/mol. The molecule has 0 aliphatic carbocycles. The highest BCUT2D eigenvalue weighted by Gasteiger charge is 2.03. The second-order valence-electron chi connectivity index (χ2n) is 4.96. The predicted octanol–water partition coefficient (Wildman–Crippen LogP) is 1.12. The molecule has 0 bridgehead atoms. The zero-order valence-electron chi connectivity index (χ0n) is 12.4. The third-order valence-corrected chi connectivity index (χ3v) is 2.65. The molecule has 1 aromatic carbocycles. The highest BCUT2D eigenvalue weighted by molar-refractivity contribution is 5.86. The van der Waals surface area contributed by atoms with Crippen molar-refractivity contribution >= 4 is 11.9 Å². The maximum Gasteiger partial charge on any atom is 0.239 e. The number of amides is 1. The first-order chi connectivity index (χ1) is 9.61. The zero-order chi connectivity index (χ0) is 14.8. The minimum atomic E-state index is -0.0543. The summed E-state index contributed by atoms with van der Waals surface area (Å²) in [5.41, 5.74) is 1.09. The minimum Gasteiger partial charge on any atom is -0.356 e. The number of hydrogen-bond acceptors (Lipinski definition) is 2. The van der Waals surface area contributed by atoms with Gasteiger partial charge >= 0.3 is 0 Å². The van der Waals surface area contributed by atoms with Crippen molar-refractivity contribution in [2.45, 2.75) is 20.4 Å². The van der Waals surface area contributed by atoms with Gasteiger partial charge in [-0.25, -0.2) is 0 Å². The summed E-state index contributed by atoms with van der Waals surface area (Å²) in [7, 11) is 1.69. The summed E-state index contributed by atoms with van der Waals surface area (Å²) < 4.78 is 0. The number of nitrogens with zero attached hydrogens (tertiary/aromatic N) is 1. The molecule has 0 aliphatic rings. The van der Waals surface area contributed by atoms with E-state index in [0.29, 0.717) is 18.4 Å². The topological polar surface area (TPSA) is 65.5 Å². The zero-order valence-corrected chi connectivity index (χ0v) is 12.4. The van der Waals surface area contributed by atoms with Crippen LogP contribution in [0.25, 0.3) is 0 Å². The van der Waals surface area contributed by atoms with E-state index in [1.54, 1.807) is 7.05 Å². The number of rotatable bonds is 6. The molecule has 5 heteroatoms. The quantitative estimate of drug-likeness (QED) is 0.539. The summed E-state index contributed by atoms with van der Waals surface area (Å²) in [5, 5.41) is 9.00. The maximum absolute atomic E-state index is 11.7. The molecular formula is C15H24N4O. The fourth-order valence-corrected chi connectivity index (χ4v) is 1.54. The average Bonchev–Trinajstić information content (AvgIpc) is 2.46. The van der Waals surface area contributed by atoms with Crippen LogP contribution in [0.5, 0.6) is 0 Å². The lowest BCUT2D eigenvalue weighted by atomic mass is 10.2. The lowest BCUT2D eigenvalue weighted by Gasteiger charge is -2.13. The van der Waals surface area contributed by atoms with Crippen LogP contribution >= 0.6 is 0 Å². The van der Waals surface area contributed by atoms with Crippen LogP contribution in [0.4, 0.5) is 0 Å². The van der Waals surface area contributed by atoms with Crippen LogP contribution in [0.3, 0.4) is 0 Å². The van der Waals surface area contributed by atoms with Gasteiger partial charge in [-0.05, 0) is 11.5 Å². The van der Waals surface area contributed by atoms with Gasteiger partial charge in [0, 0.05) is 20.1 Å². The molecule has 1 rings (SSSR count). The molecule has 1 amide bonds. The van der Waals surface area contributed by atoms with E-state index in [2.05, 4.69) is 34.8 Å². The van der Waals surface area contributed by atoms with Gasteiger partial charge < -0.3 is 16.0 Å². The van der Waals surface area contributed by atoms with Gasteiger partial charge in [0.25, 0.3) is 0 Å². The summed E-state index contributed by atoms with van der Waals surface area (Å²) >= 11 is 0. The number of hydrogen-bond donors (Lipinski definition) is 3. The van der Waals surface area contributed by atoms with E-state index in [0.717, 1.165) is 12.1 Å². The highest BCUT2D eigenvalue weighted by Crippen LogP contribution is 1.96. The molecular weight excluding hydrogens is 252 g/mol. The Bertz CT molecular complexity index is 429. The van der Waals surface area contributed by atoms with Crippen molar-refractivity contribution in [1.29, 1.82) is 0 Å². The number of aliphatic imine (C=N–C) groups is 1. The molecule has 0 saturated carbocycles. The lowest BCUT2D eigenvalue weighted by Crippen LogP contribution is -2.43. The van der Waals surface area contributed by atoms with Crippen molar-refractivity contribution in [1.82, 2.24) is 16.0 Å². The molecule has 0 aliphatic heterocycles. The van der Waals surface area contributed by atoms with E-state index in [-0.39, 0.29) is 12.5 Å². The molecule has 1 aromatic rings. The summed E-state index contributed by atoms with van der Waals surface area (Å²) in [5.74, 6) is 1.12. The van der Waals surface area contributed by atoms with Crippen LogP contribution in [0.2, 0.25) is 0 Å². The average molecular weight is 276 g/mol. The van der Waals surface area contributed by atoms with Crippen LogP contribution < -0.4 is 16.0 Å². The molecule has 110 valence electrons. The molecule has 0 atom stereocenters. The van der Waals surface area contributed by atoms with Gasteiger partial charge in [0.2, 0.25) is 5.91 Å². The van der Waals surface area contributed by atoms with E-state index in [1.807, 2.05) is 30.3 Å². The summed E-state index contributed by atoms with van der Waals surface area (Å²) in [6.07, 6.45) is 0. The fourth-order valence-electron chi connectivity index (χ4n) is 1.54. The molecule has 0 fully saturated rings. The smallest absolute Gasteiger partial charge is 0.239 e. The first-order valence-corrected chi connectivity index (χ1v) is 6.87. The largest absolute Gasteiger partial charge is 0.356 e. The van der Waals surface area contributed by atoms with Crippen LogP contribution in [-0.2, 0) is 11.3 Å². The maximum atomic E-state index is 11.7. The normalized spacial score (nSPS) is 11.3. The van der Waals surface area contributed by atoms with E-state index >= 15 is 0 Å². The van der Waals surface area contributed by atoms with Crippen LogP contribution in [0, 0.1) is 5.92 Å². The molecule has 0 unspecified atom stereocenters. The van der Waals surface area contributed by atoms with Gasteiger partial charge in [0.05, 0.1) is 6.54 Å². The van der Waals surface area contributed by atoms with Gasteiger partial charge in [-0.3, -0.25) is 9.79 Å². The van der Waals surface area contributed by atoms with Gasteiger partial charge in [0.15, 0.2) is 5.96 Å². The van der Waals surface area contributed by atoms with E-state index < -0.39 is 0 Å². The highest BCUT2D eigenvalue weighted by atomic mass is 16.1. The Morgan fingerprint density at radius 1 is 1.15 bits per heavy atom. The van der Waals surface area contributed by atoms with Gasteiger partial charge in [-0.1, -0.05) is 44.2 Å². The van der Waals surface area contributed by atoms with Crippen molar-refractivity contribution in [3.8, 4) is 0 Å². The van der Waals surface area contributed by atoms with Crippen LogP contribution in [0.1, 0.15) is 19.4 Å². The SMILES string of the molecule is CN=C(NCC(=O)NCc1ccccc1)NCC(C)C. The summed E-state index contributed by atoms with van der Waals surface area (Å²) in [4.78, 5) is 15.8. The molecule has 5 nitrogen and oxygen atoms in total. The molecule has 20 heavy (non-hydrogen) atoms. The number of carbonyl (C=O) groups excluding carboxylic acids is 1. The Balaban J connectivity index is 2.25. The molecule has 0 aromatic heterocycles. The first kappa shape index (κ1) is 16.0. The van der Waals surface area contributed by atoms with E-state index in [9.17, 15) is 4.79 Å². The third-order valence-electron chi connectivity index (χ3n) is 2.65. The number of benzene rings is 1. The van der Waals surface area contributed by atoms with Crippen LogP contribution in [0.15, 0.2) is 35.3 Å². The lowest BCUT2D eigenvalue weighted by molar-refractivity contribution is -0.120. The Morgan fingerprint density at radius 2 is 1.85 bits per heavy atom. The van der Waals surface area contributed by atoms with Crippen molar-refractivity contribution in [3.05, 3.63) is 35.9 Å². The Morgan fingerprint density at radius 3 is 2.45 bits per heavy atom. The van der Waals surface area contributed by atoms with Gasteiger partial charge in [-0.2, -0.15) is 0 Å². The number of carbonyl (C=O) groups is 1. The Kier molecular flexibility index (Phi) is 7.17. The van der Waals surface area contributed by atoms with Crippen molar-refractivity contribution < 1.29 is 4.79 Å². The first-order valence-electron chi connectivity index (χ1n) is 6.87. The predicted molar refractivity (Wildman–Crippen MR) is 82.5 cm³/mol. The van der Waals surface area contributed by atoms with E-state index in [4.69, 9.17) is 0 Å². The van der Waals surface area contributed by atoms with Gasteiger partial charge in [-0.15, -0.1) is 0 Å². The van der Waals surface area contributed by atoms with Crippen LogP contribution in [-0.4, -0.2) is 32.0 Å². The van der Waals surface area contributed by atoms with E-state index in [1.165, 1.54) is 0 Å². The van der Waals surface area contributed by atoms with Gasteiger partial charge in [0.1, 0.15) is 0 Å². The van der Waals surface area contributed by atoms with Crippen molar-refractivity contribution in [3.63, 3.8) is 0 Å². The molecule has 3 N–H and O–H groups in total. The number of nitrogens with one attached hydrogen (secondary N) is 3. The fraction of sp³-hybridized carbons (Fsp3) is 0.467. The second kappa shape index (κ2) is 8.96. The molecule has 0 saturated heterocycles. The molecule has 0 heterocycles. The van der Waals surface area contributed by atoms with Crippen molar-refractivity contribution in [2.24, 2.45) is 10.9 Å². The second-order valence-corrected chi connectivity index (χ2v) is 4.96. The molecule has 0 radical (unpaired) electrons. The Labute approximate surface area is 120 Å². The minimum absolute atomic E-state index is 0.0543. The number of guanidine groups is 1.